The first kappa shape index (κ1) is 14.3. The molecule has 0 fully saturated rings. The second-order valence-electron chi connectivity index (χ2n) is 3.82. The van der Waals surface area contributed by atoms with E-state index in [9.17, 15) is 0 Å². The molecule has 0 aliphatic rings. The van der Waals surface area contributed by atoms with Crippen molar-refractivity contribution in [1.82, 2.24) is 14.9 Å². The highest BCUT2D eigenvalue weighted by Crippen LogP contribution is 2.24. The van der Waals surface area contributed by atoms with Crippen LogP contribution < -0.4 is 9.47 Å². The highest BCUT2D eigenvalue weighted by atomic mass is 32.1. The van der Waals surface area contributed by atoms with Gasteiger partial charge in [-0.05, 0) is 38.2 Å². The Bertz CT molecular complexity index is 648. The summed E-state index contributed by atoms with van der Waals surface area (Å²) in [6.07, 6.45) is 3.18. The fourth-order valence-corrected chi connectivity index (χ4v) is 1.75. The topological polar surface area (TPSA) is 64.4 Å². The Labute approximate surface area is 122 Å². The maximum atomic E-state index is 5.59. The van der Waals surface area contributed by atoms with Crippen LogP contribution in [-0.4, -0.2) is 34.3 Å². The number of nitrogens with one attached hydrogen (secondary N) is 1. The first-order valence-corrected chi connectivity index (χ1v) is 6.71. The van der Waals surface area contributed by atoms with E-state index in [4.69, 9.17) is 21.7 Å². The SMILES string of the molecule is CCOc1ccc(/C=N\n2cn[nH]c2=S)c(OCC)c1. The fraction of sp³-hybridized carbons (Fsp3) is 0.308. The highest BCUT2D eigenvalue weighted by Gasteiger charge is 2.04. The van der Waals surface area contributed by atoms with Gasteiger partial charge in [0, 0.05) is 11.6 Å². The van der Waals surface area contributed by atoms with Crippen LogP contribution >= 0.6 is 12.2 Å². The third-order valence-electron chi connectivity index (χ3n) is 2.45. The van der Waals surface area contributed by atoms with Gasteiger partial charge in [-0.15, -0.1) is 0 Å². The molecule has 106 valence electrons. The van der Waals surface area contributed by atoms with Gasteiger partial charge < -0.3 is 9.47 Å². The zero-order chi connectivity index (χ0) is 14.4. The summed E-state index contributed by atoms with van der Waals surface area (Å²) in [7, 11) is 0. The van der Waals surface area contributed by atoms with Gasteiger partial charge >= 0.3 is 0 Å². The molecule has 0 radical (unpaired) electrons. The highest BCUT2D eigenvalue weighted by molar-refractivity contribution is 7.71. The number of ether oxygens (including phenoxy) is 2. The van der Waals surface area contributed by atoms with Crippen molar-refractivity contribution in [2.24, 2.45) is 5.10 Å². The molecule has 0 saturated heterocycles. The van der Waals surface area contributed by atoms with Gasteiger partial charge in [0.2, 0.25) is 4.77 Å². The molecule has 0 atom stereocenters. The lowest BCUT2D eigenvalue weighted by Crippen LogP contribution is -1.99. The van der Waals surface area contributed by atoms with Gasteiger partial charge in [-0.3, -0.25) is 5.10 Å². The Balaban J connectivity index is 2.28. The van der Waals surface area contributed by atoms with Crippen molar-refractivity contribution in [1.29, 1.82) is 0 Å². The van der Waals surface area contributed by atoms with Gasteiger partial charge in [-0.2, -0.15) is 14.9 Å². The number of rotatable bonds is 6. The average molecular weight is 292 g/mol. The largest absolute Gasteiger partial charge is 0.494 e. The second-order valence-corrected chi connectivity index (χ2v) is 4.20. The van der Waals surface area contributed by atoms with E-state index in [2.05, 4.69) is 15.3 Å². The summed E-state index contributed by atoms with van der Waals surface area (Å²) in [5.74, 6) is 1.49. The van der Waals surface area contributed by atoms with Crippen molar-refractivity contribution in [3.63, 3.8) is 0 Å². The zero-order valence-electron chi connectivity index (χ0n) is 11.4. The Morgan fingerprint density at radius 2 is 2.15 bits per heavy atom. The van der Waals surface area contributed by atoms with E-state index in [0.29, 0.717) is 18.0 Å². The van der Waals surface area contributed by atoms with Crippen LogP contribution in [0.15, 0.2) is 29.6 Å². The molecule has 0 spiro atoms. The smallest absolute Gasteiger partial charge is 0.216 e. The quantitative estimate of drug-likeness (QED) is 0.656. The van der Waals surface area contributed by atoms with Gasteiger partial charge in [0.1, 0.15) is 17.8 Å². The van der Waals surface area contributed by atoms with E-state index >= 15 is 0 Å². The van der Waals surface area contributed by atoms with Gasteiger partial charge in [0.15, 0.2) is 0 Å². The number of hydrogen-bond donors (Lipinski definition) is 1. The van der Waals surface area contributed by atoms with E-state index in [1.165, 1.54) is 11.0 Å². The van der Waals surface area contributed by atoms with Crippen molar-refractivity contribution >= 4 is 18.4 Å². The normalized spacial score (nSPS) is 10.9. The van der Waals surface area contributed by atoms with Crippen LogP contribution in [0.1, 0.15) is 19.4 Å². The minimum absolute atomic E-state index is 0.435. The molecular weight excluding hydrogens is 276 g/mol. The van der Waals surface area contributed by atoms with Crippen LogP contribution in [0.2, 0.25) is 0 Å². The number of hydrogen-bond acceptors (Lipinski definition) is 5. The lowest BCUT2D eigenvalue weighted by molar-refractivity contribution is 0.323. The van der Waals surface area contributed by atoms with Crippen molar-refractivity contribution in [3.05, 3.63) is 34.9 Å². The minimum Gasteiger partial charge on any atom is -0.494 e. The second kappa shape index (κ2) is 6.85. The van der Waals surface area contributed by atoms with Crippen LogP contribution in [0.25, 0.3) is 0 Å². The van der Waals surface area contributed by atoms with Crippen molar-refractivity contribution in [3.8, 4) is 11.5 Å². The zero-order valence-corrected chi connectivity index (χ0v) is 12.2. The van der Waals surface area contributed by atoms with Crippen molar-refractivity contribution in [2.75, 3.05) is 13.2 Å². The minimum atomic E-state index is 0.435. The summed E-state index contributed by atoms with van der Waals surface area (Å²) in [6.45, 7) is 5.06. The molecule has 6 nitrogen and oxygen atoms in total. The molecule has 1 aromatic carbocycles. The monoisotopic (exact) mass is 292 g/mol. The van der Waals surface area contributed by atoms with Crippen molar-refractivity contribution < 1.29 is 9.47 Å². The summed E-state index contributed by atoms with van der Waals surface area (Å²) in [5, 5.41) is 10.7. The van der Waals surface area contributed by atoms with Crippen LogP contribution in [0, 0.1) is 4.77 Å². The first-order chi connectivity index (χ1) is 9.74. The number of aromatic amines is 1. The Morgan fingerprint density at radius 1 is 1.35 bits per heavy atom. The van der Waals surface area contributed by atoms with E-state index in [0.717, 1.165) is 17.1 Å². The molecule has 0 aliphatic carbocycles. The predicted octanol–water partition coefficient (Wildman–Crippen LogP) is 2.62. The molecule has 20 heavy (non-hydrogen) atoms. The molecule has 0 amide bonds. The molecule has 0 bridgehead atoms. The summed E-state index contributed by atoms with van der Waals surface area (Å²) in [5.41, 5.74) is 0.846. The van der Waals surface area contributed by atoms with Gasteiger partial charge in [-0.25, -0.2) is 0 Å². The van der Waals surface area contributed by atoms with Gasteiger partial charge in [0.25, 0.3) is 0 Å². The summed E-state index contributed by atoms with van der Waals surface area (Å²) >= 11 is 5.02. The molecule has 0 saturated carbocycles. The van der Waals surface area contributed by atoms with Crippen LogP contribution in [0.5, 0.6) is 11.5 Å². The number of H-pyrrole nitrogens is 1. The summed E-state index contributed by atoms with van der Waals surface area (Å²) in [6, 6.07) is 5.62. The Kier molecular flexibility index (Phi) is 4.89. The van der Waals surface area contributed by atoms with Crippen LogP contribution in [-0.2, 0) is 0 Å². The average Bonchev–Trinajstić information content (AvgIpc) is 2.84. The maximum Gasteiger partial charge on any atom is 0.216 e. The molecule has 2 rings (SSSR count). The van der Waals surface area contributed by atoms with Gasteiger partial charge in [-0.1, -0.05) is 0 Å². The maximum absolute atomic E-state index is 5.59. The fourth-order valence-electron chi connectivity index (χ4n) is 1.61. The Morgan fingerprint density at radius 3 is 2.80 bits per heavy atom. The number of benzene rings is 1. The van der Waals surface area contributed by atoms with E-state index in [-0.39, 0.29) is 0 Å². The van der Waals surface area contributed by atoms with Gasteiger partial charge in [0.05, 0.1) is 19.4 Å². The molecule has 1 heterocycles. The molecule has 7 heteroatoms. The van der Waals surface area contributed by atoms with Crippen molar-refractivity contribution in [2.45, 2.75) is 13.8 Å². The molecule has 0 aliphatic heterocycles. The van der Waals surface area contributed by atoms with E-state index < -0.39 is 0 Å². The number of nitrogens with zero attached hydrogens (tertiary/aromatic N) is 3. The molecule has 1 aromatic heterocycles. The lowest BCUT2D eigenvalue weighted by Gasteiger charge is -2.09. The number of aromatic nitrogens is 3. The lowest BCUT2D eigenvalue weighted by atomic mass is 10.2. The Hall–Kier alpha value is -2.15. The predicted molar refractivity (Wildman–Crippen MR) is 79.2 cm³/mol. The first-order valence-electron chi connectivity index (χ1n) is 6.30. The van der Waals surface area contributed by atoms with E-state index in [1.54, 1.807) is 6.21 Å². The third-order valence-corrected chi connectivity index (χ3v) is 2.73. The molecule has 2 aromatic rings. The van der Waals surface area contributed by atoms with Crippen LogP contribution in [0.4, 0.5) is 0 Å². The standard InChI is InChI=1S/C13H16N4O2S/c1-3-18-11-6-5-10(12(7-11)19-4-2)8-15-17-9-14-16-13(17)20/h5-9H,3-4H2,1-2H3,(H,16,20)/b15-8-. The molecular formula is C13H16N4O2S. The van der Waals surface area contributed by atoms with Crippen LogP contribution in [0.3, 0.4) is 0 Å². The molecule has 1 N–H and O–H groups in total. The molecule has 0 unspecified atom stereocenters. The third kappa shape index (κ3) is 3.45. The summed E-state index contributed by atoms with van der Waals surface area (Å²) in [4.78, 5) is 0. The van der Waals surface area contributed by atoms with E-state index in [1.807, 2.05) is 32.0 Å². The summed E-state index contributed by atoms with van der Waals surface area (Å²) < 4.78 is 13.0.